The monoisotopic (exact) mass is 325 g/mol. The summed E-state index contributed by atoms with van der Waals surface area (Å²) < 4.78 is 29.8. The molecule has 0 aliphatic rings. The third-order valence-corrected chi connectivity index (χ3v) is 5.37. The number of halogens is 1. The Bertz CT molecular complexity index is 707. The highest BCUT2D eigenvalue weighted by molar-refractivity contribution is 7.91. The highest BCUT2D eigenvalue weighted by atomic mass is 35.5. The summed E-state index contributed by atoms with van der Waals surface area (Å²) in [6, 6.07) is 12.0. The second-order valence-electron chi connectivity index (χ2n) is 4.58. The van der Waals surface area contributed by atoms with Crippen LogP contribution in [0.4, 0.5) is 5.69 Å². The number of nitrogen functional groups attached to an aromatic ring is 1. The SMILES string of the molecule is COc1ccc(CCS(=O)(=O)c2c(N)cccc2Cl)cc1. The van der Waals surface area contributed by atoms with E-state index in [1.807, 2.05) is 12.1 Å². The number of sulfone groups is 1. The Labute approximate surface area is 129 Å². The van der Waals surface area contributed by atoms with Gasteiger partial charge in [0.2, 0.25) is 0 Å². The van der Waals surface area contributed by atoms with E-state index in [1.165, 1.54) is 12.1 Å². The van der Waals surface area contributed by atoms with Gasteiger partial charge in [0, 0.05) is 0 Å². The molecule has 2 aromatic carbocycles. The van der Waals surface area contributed by atoms with E-state index in [2.05, 4.69) is 0 Å². The van der Waals surface area contributed by atoms with Crippen molar-refractivity contribution in [3.63, 3.8) is 0 Å². The van der Waals surface area contributed by atoms with Gasteiger partial charge >= 0.3 is 0 Å². The van der Waals surface area contributed by atoms with Crippen LogP contribution in [0, 0.1) is 0 Å². The molecule has 0 atom stereocenters. The number of rotatable bonds is 5. The zero-order valence-corrected chi connectivity index (χ0v) is 13.1. The minimum atomic E-state index is -3.52. The maximum Gasteiger partial charge on any atom is 0.182 e. The van der Waals surface area contributed by atoms with E-state index in [0.29, 0.717) is 6.42 Å². The van der Waals surface area contributed by atoms with Crippen molar-refractivity contribution in [2.45, 2.75) is 11.3 Å². The summed E-state index contributed by atoms with van der Waals surface area (Å²) >= 11 is 5.96. The lowest BCUT2D eigenvalue weighted by molar-refractivity contribution is 0.414. The van der Waals surface area contributed by atoms with Crippen molar-refractivity contribution in [1.82, 2.24) is 0 Å². The third-order valence-electron chi connectivity index (χ3n) is 3.13. The summed E-state index contributed by atoms with van der Waals surface area (Å²) in [5.74, 6) is 0.685. The molecule has 21 heavy (non-hydrogen) atoms. The number of aryl methyl sites for hydroxylation is 1. The lowest BCUT2D eigenvalue weighted by atomic mass is 10.2. The molecule has 2 rings (SSSR count). The molecule has 0 spiro atoms. The van der Waals surface area contributed by atoms with Gasteiger partial charge in [-0.15, -0.1) is 0 Å². The largest absolute Gasteiger partial charge is 0.497 e. The molecule has 2 N–H and O–H groups in total. The van der Waals surface area contributed by atoms with Gasteiger partial charge in [0.25, 0.3) is 0 Å². The van der Waals surface area contributed by atoms with Gasteiger partial charge < -0.3 is 10.5 Å². The predicted octanol–water partition coefficient (Wildman–Crippen LogP) is 2.95. The first-order valence-corrected chi connectivity index (χ1v) is 8.37. The molecular formula is C15H16ClNO3S. The molecule has 4 nitrogen and oxygen atoms in total. The molecule has 0 amide bonds. The van der Waals surface area contributed by atoms with Gasteiger partial charge in [-0.3, -0.25) is 0 Å². The highest BCUT2D eigenvalue weighted by Gasteiger charge is 2.20. The zero-order chi connectivity index (χ0) is 15.5. The van der Waals surface area contributed by atoms with Crippen molar-refractivity contribution in [2.24, 2.45) is 0 Å². The molecule has 0 aliphatic heterocycles. The predicted molar refractivity (Wildman–Crippen MR) is 84.6 cm³/mol. The van der Waals surface area contributed by atoms with E-state index in [4.69, 9.17) is 22.1 Å². The smallest absolute Gasteiger partial charge is 0.182 e. The lowest BCUT2D eigenvalue weighted by Gasteiger charge is -2.09. The van der Waals surface area contributed by atoms with Gasteiger partial charge in [0.15, 0.2) is 9.84 Å². The normalized spacial score (nSPS) is 11.3. The molecule has 2 aromatic rings. The van der Waals surface area contributed by atoms with E-state index in [1.54, 1.807) is 25.3 Å². The fraction of sp³-hybridized carbons (Fsp3) is 0.200. The Kier molecular flexibility index (Phi) is 4.75. The number of benzene rings is 2. The van der Waals surface area contributed by atoms with Gasteiger partial charge in [-0.1, -0.05) is 29.8 Å². The minimum absolute atomic E-state index is 0.0141. The van der Waals surface area contributed by atoms with Crippen LogP contribution >= 0.6 is 11.6 Å². The van der Waals surface area contributed by atoms with Gasteiger partial charge in [0.1, 0.15) is 10.6 Å². The molecule has 0 aliphatic carbocycles. The summed E-state index contributed by atoms with van der Waals surface area (Å²) in [7, 11) is -1.94. The Morgan fingerprint density at radius 2 is 1.81 bits per heavy atom. The Hall–Kier alpha value is -1.72. The molecule has 0 saturated carbocycles. The van der Waals surface area contributed by atoms with Crippen molar-refractivity contribution in [3.05, 3.63) is 53.1 Å². The van der Waals surface area contributed by atoms with Crippen molar-refractivity contribution < 1.29 is 13.2 Å². The van der Waals surface area contributed by atoms with Gasteiger partial charge in [-0.05, 0) is 36.2 Å². The molecule has 6 heteroatoms. The maximum absolute atomic E-state index is 12.4. The first kappa shape index (κ1) is 15.7. The van der Waals surface area contributed by atoms with Crippen LogP contribution in [0.25, 0.3) is 0 Å². The Morgan fingerprint density at radius 1 is 1.14 bits per heavy atom. The maximum atomic E-state index is 12.4. The van der Waals surface area contributed by atoms with Gasteiger partial charge in [-0.25, -0.2) is 8.42 Å². The van der Waals surface area contributed by atoms with Crippen LogP contribution in [0.2, 0.25) is 5.02 Å². The Morgan fingerprint density at radius 3 is 2.38 bits per heavy atom. The zero-order valence-electron chi connectivity index (χ0n) is 11.5. The lowest BCUT2D eigenvalue weighted by Crippen LogP contribution is -2.12. The van der Waals surface area contributed by atoms with E-state index >= 15 is 0 Å². The van der Waals surface area contributed by atoms with Crippen molar-refractivity contribution in [2.75, 3.05) is 18.6 Å². The van der Waals surface area contributed by atoms with E-state index in [-0.39, 0.29) is 21.4 Å². The molecule has 0 radical (unpaired) electrons. The molecule has 0 fully saturated rings. The van der Waals surface area contributed by atoms with Gasteiger partial charge in [-0.2, -0.15) is 0 Å². The van der Waals surface area contributed by atoms with Gasteiger partial charge in [0.05, 0.1) is 23.6 Å². The van der Waals surface area contributed by atoms with E-state index in [9.17, 15) is 8.42 Å². The van der Waals surface area contributed by atoms with Crippen LogP contribution in [-0.4, -0.2) is 21.3 Å². The summed E-state index contributed by atoms with van der Waals surface area (Å²) in [6.07, 6.45) is 0.386. The first-order chi connectivity index (χ1) is 9.94. The minimum Gasteiger partial charge on any atom is -0.497 e. The average Bonchev–Trinajstić information content (AvgIpc) is 2.45. The quantitative estimate of drug-likeness (QED) is 0.858. The number of ether oxygens (including phenoxy) is 1. The molecule has 0 aromatic heterocycles. The number of nitrogens with two attached hydrogens (primary N) is 1. The summed E-state index contributed by atoms with van der Waals surface area (Å²) in [4.78, 5) is 0.0141. The second-order valence-corrected chi connectivity index (χ2v) is 7.03. The number of hydrogen-bond acceptors (Lipinski definition) is 4. The van der Waals surface area contributed by atoms with E-state index < -0.39 is 9.84 Å². The van der Waals surface area contributed by atoms with Crippen LogP contribution in [0.5, 0.6) is 5.75 Å². The first-order valence-electron chi connectivity index (χ1n) is 6.34. The van der Waals surface area contributed by atoms with Crippen molar-refractivity contribution in [1.29, 1.82) is 0 Å². The highest BCUT2D eigenvalue weighted by Crippen LogP contribution is 2.28. The standard InChI is InChI=1S/C15H16ClNO3S/c1-20-12-7-5-11(6-8-12)9-10-21(18,19)15-13(16)3-2-4-14(15)17/h2-8H,9-10,17H2,1H3. The third kappa shape index (κ3) is 3.68. The number of anilines is 1. The summed E-state index contributed by atoms with van der Waals surface area (Å²) in [6.45, 7) is 0. The number of hydrogen-bond donors (Lipinski definition) is 1. The van der Waals surface area contributed by atoms with Crippen LogP contribution in [0.15, 0.2) is 47.4 Å². The van der Waals surface area contributed by atoms with Crippen LogP contribution in [0.3, 0.4) is 0 Å². The van der Waals surface area contributed by atoms with Crippen LogP contribution in [-0.2, 0) is 16.3 Å². The fourth-order valence-corrected chi connectivity index (χ4v) is 4.04. The van der Waals surface area contributed by atoms with E-state index in [0.717, 1.165) is 11.3 Å². The molecule has 0 unspecified atom stereocenters. The van der Waals surface area contributed by atoms with Crippen molar-refractivity contribution in [3.8, 4) is 5.75 Å². The van der Waals surface area contributed by atoms with Crippen LogP contribution < -0.4 is 10.5 Å². The summed E-state index contributed by atoms with van der Waals surface area (Å²) in [5.41, 5.74) is 6.82. The van der Waals surface area contributed by atoms with Crippen LogP contribution in [0.1, 0.15) is 5.56 Å². The molecular weight excluding hydrogens is 310 g/mol. The average molecular weight is 326 g/mol. The molecule has 112 valence electrons. The number of methoxy groups -OCH3 is 1. The summed E-state index contributed by atoms with van der Waals surface area (Å²) in [5, 5.41) is 0.157. The Balaban J connectivity index is 2.18. The molecule has 0 bridgehead atoms. The topological polar surface area (TPSA) is 69.4 Å². The fourth-order valence-electron chi connectivity index (χ4n) is 2.00. The second kappa shape index (κ2) is 6.37. The molecule has 0 heterocycles. The molecule has 0 saturated heterocycles. The van der Waals surface area contributed by atoms with Crippen molar-refractivity contribution >= 4 is 27.1 Å².